The van der Waals surface area contributed by atoms with Gasteiger partial charge < -0.3 is 15.4 Å². The Morgan fingerprint density at radius 1 is 1.61 bits per heavy atom. The second-order valence-electron chi connectivity index (χ2n) is 4.50. The molecule has 0 radical (unpaired) electrons. The fourth-order valence-corrected chi connectivity index (χ4v) is 2.04. The minimum atomic E-state index is -0.0977. The highest BCUT2D eigenvalue weighted by atomic mass is 16.5. The molecule has 1 aromatic rings. The molecule has 0 aromatic carbocycles. The zero-order valence-corrected chi connectivity index (χ0v) is 10.6. The molecule has 1 aliphatic heterocycles. The molecule has 3 N–H and O–H groups in total. The van der Waals surface area contributed by atoms with Gasteiger partial charge in [-0.3, -0.25) is 9.89 Å². The zero-order valence-electron chi connectivity index (χ0n) is 10.6. The van der Waals surface area contributed by atoms with E-state index in [0.29, 0.717) is 19.8 Å². The summed E-state index contributed by atoms with van der Waals surface area (Å²) in [7, 11) is 0. The normalized spacial score (nSPS) is 23.2. The first-order valence-corrected chi connectivity index (χ1v) is 6.38. The van der Waals surface area contributed by atoms with Gasteiger partial charge in [0.2, 0.25) is 5.91 Å². The van der Waals surface area contributed by atoms with Crippen molar-refractivity contribution in [2.75, 3.05) is 19.8 Å². The van der Waals surface area contributed by atoms with E-state index < -0.39 is 0 Å². The maximum atomic E-state index is 12.0. The van der Waals surface area contributed by atoms with E-state index in [1.54, 1.807) is 6.20 Å². The molecule has 1 amide bonds. The molecule has 2 rings (SSSR count). The molecular weight excluding hydrogens is 232 g/mol. The van der Waals surface area contributed by atoms with Crippen molar-refractivity contribution >= 4 is 5.91 Å². The molecule has 1 aromatic heterocycles. The number of aromatic nitrogens is 2. The van der Waals surface area contributed by atoms with Gasteiger partial charge >= 0.3 is 0 Å². The highest BCUT2D eigenvalue weighted by molar-refractivity contribution is 5.79. The Balaban J connectivity index is 1.80. The summed E-state index contributed by atoms with van der Waals surface area (Å²) in [5.41, 5.74) is 0.903. The molecule has 2 atom stereocenters. The number of carbonyl (C=O) groups excluding carboxylic acids is 1. The zero-order chi connectivity index (χ0) is 12.8. The monoisotopic (exact) mass is 252 g/mol. The minimum Gasteiger partial charge on any atom is -0.379 e. The van der Waals surface area contributed by atoms with Gasteiger partial charge in [0.1, 0.15) is 0 Å². The summed E-state index contributed by atoms with van der Waals surface area (Å²) in [5, 5.41) is 12.9. The van der Waals surface area contributed by atoms with Crippen molar-refractivity contribution in [2.24, 2.45) is 5.92 Å². The van der Waals surface area contributed by atoms with E-state index in [9.17, 15) is 4.79 Å². The predicted molar refractivity (Wildman–Crippen MR) is 66.8 cm³/mol. The molecule has 2 heterocycles. The number of rotatable bonds is 6. The van der Waals surface area contributed by atoms with Gasteiger partial charge in [-0.1, -0.05) is 6.92 Å². The van der Waals surface area contributed by atoms with Crippen LogP contribution in [0.2, 0.25) is 0 Å². The number of H-pyrrole nitrogens is 1. The van der Waals surface area contributed by atoms with Crippen LogP contribution in [0.3, 0.4) is 0 Å². The largest absolute Gasteiger partial charge is 0.379 e. The number of hydrogen-bond acceptors (Lipinski definition) is 4. The van der Waals surface area contributed by atoms with Crippen LogP contribution in [-0.4, -0.2) is 41.9 Å². The molecule has 0 saturated carbocycles. The highest BCUT2D eigenvalue weighted by Crippen LogP contribution is 2.14. The maximum Gasteiger partial charge on any atom is 0.227 e. The number of amides is 1. The van der Waals surface area contributed by atoms with Gasteiger partial charge in [-0.2, -0.15) is 5.10 Å². The summed E-state index contributed by atoms with van der Waals surface area (Å²) in [5.74, 6) is -0.0600. The van der Waals surface area contributed by atoms with E-state index in [1.807, 2.05) is 6.07 Å². The molecule has 18 heavy (non-hydrogen) atoms. The Bertz CT molecular complexity index is 366. The highest BCUT2D eigenvalue weighted by Gasteiger charge is 2.33. The molecule has 1 saturated heterocycles. The van der Waals surface area contributed by atoms with E-state index in [-0.39, 0.29) is 17.9 Å². The first kappa shape index (κ1) is 13.0. The van der Waals surface area contributed by atoms with Crippen LogP contribution >= 0.6 is 0 Å². The van der Waals surface area contributed by atoms with Crippen LogP contribution in [-0.2, 0) is 16.1 Å². The lowest BCUT2D eigenvalue weighted by molar-refractivity contribution is -0.125. The van der Waals surface area contributed by atoms with Crippen molar-refractivity contribution in [1.82, 2.24) is 20.8 Å². The van der Waals surface area contributed by atoms with Crippen molar-refractivity contribution in [1.29, 1.82) is 0 Å². The van der Waals surface area contributed by atoms with E-state index in [2.05, 4.69) is 27.8 Å². The number of nitrogens with one attached hydrogen (secondary N) is 3. The second-order valence-corrected chi connectivity index (χ2v) is 4.50. The Kier molecular flexibility index (Phi) is 4.72. The number of carbonyl (C=O) groups is 1. The Morgan fingerprint density at radius 2 is 2.50 bits per heavy atom. The smallest absolute Gasteiger partial charge is 0.227 e. The lowest BCUT2D eigenvalue weighted by Gasteiger charge is -2.18. The van der Waals surface area contributed by atoms with E-state index in [4.69, 9.17) is 4.74 Å². The number of ether oxygens (including phenoxy) is 1. The molecule has 1 aliphatic rings. The topological polar surface area (TPSA) is 79.0 Å². The summed E-state index contributed by atoms with van der Waals surface area (Å²) in [6.45, 7) is 4.61. The van der Waals surface area contributed by atoms with Crippen molar-refractivity contribution in [2.45, 2.75) is 25.9 Å². The van der Waals surface area contributed by atoms with E-state index in [0.717, 1.165) is 18.7 Å². The summed E-state index contributed by atoms with van der Waals surface area (Å²) in [4.78, 5) is 12.0. The summed E-state index contributed by atoms with van der Waals surface area (Å²) in [6.07, 6.45) is 2.73. The fourth-order valence-electron chi connectivity index (χ4n) is 2.04. The van der Waals surface area contributed by atoms with Gasteiger partial charge in [0.05, 0.1) is 31.4 Å². The SMILES string of the molecule is CCCNC1COCC1C(=O)NCc1ccn[nH]1. The molecule has 6 nitrogen and oxygen atoms in total. The molecule has 100 valence electrons. The molecule has 0 spiro atoms. The summed E-state index contributed by atoms with van der Waals surface area (Å²) >= 11 is 0. The fraction of sp³-hybridized carbons (Fsp3) is 0.667. The quantitative estimate of drug-likeness (QED) is 0.668. The van der Waals surface area contributed by atoms with Crippen molar-refractivity contribution in [3.05, 3.63) is 18.0 Å². The average molecular weight is 252 g/mol. The number of aromatic amines is 1. The second kappa shape index (κ2) is 6.51. The van der Waals surface area contributed by atoms with Gasteiger partial charge in [0.15, 0.2) is 0 Å². The summed E-state index contributed by atoms with van der Waals surface area (Å²) in [6, 6.07) is 1.98. The molecule has 0 aliphatic carbocycles. The lowest BCUT2D eigenvalue weighted by Crippen LogP contribution is -2.44. The molecule has 1 fully saturated rings. The van der Waals surface area contributed by atoms with Crippen LogP contribution in [0.4, 0.5) is 0 Å². The van der Waals surface area contributed by atoms with E-state index in [1.165, 1.54) is 0 Å². The van der Waals surface area contributed by atoms with Gasteiger partial charge in [-0.25, -0.2) is 0 Å². The first-order chi connectivity index (χ1) is 8.81. The third kappa shape index (κ3) is 3.30. The Labute approximate surface area is 106 Å². The predicted octanol–water partition coefficient (Wildman–Crippen LogP) is 0.0405. The number of nitrogens with zero attached hydrogens (tertiary/aromatic N) is 1. The van der Waals surface area contributed by atoms with Gasteiger partial charge in [0, 0.05) is 12.2 Å². The molecular formula is C12H20N4O2. The third-order valence-electron chi connectivity index (χ3n) is 3.09. The Hall–Kier alpha value is -1.40. The first-order valence-electron chi connectivity index (χ1n) is 6.38. The van der Waals surface area contributed by atoms with Gasteiger partial charge in [-0.15, -0.1) is 0 Å². The van der Waals surface area contributed by atoms with Crippen molar-refractivity contribution in [3.8, 4) is 0 Å². The van der Waals surface area contributed by atoms with Crippen molar-refractivity contribution < 1.29 is 9.53 Å². The van der Waals surface area contributed by atoms with Crippen LogP contribution in [0.1, 0.15) is 19.0 Å². The van der Waals surface area contributed by atoms with Crippen LogP contribution in [0.15, 0.2) is 12.3 Å². The average Bonchev–Trinajstić information content (AvgIpc) is 3.04. The van der Waals surface area contributed by atoms with Gasteiger partial charge in [0.25, 0.3) is 0 Å². The third-order valence-corrected chi connectivity index (χ3v) is 3.09. The number of hydrogen-bond donors (Lipinski definition) is 3. The Morgan fingerprint density at radius 3 is 3.22 bits per heavy atom. The lowest BCUT2D eigenvalue weighted by atomic mass is 10.0. The van der Waals surface area contributed by atoms with Crippen LogP contribution in [0.5, 0.6) is 0 Å². The standard InChI is InChI=1S/C12H20N4O2/c1-2-4-13-11-8-18-7-10(11)12(17)14-6-9-3-5-15-16-9/h3,5,10-11,13H,2,4,6-8H2,1H3,(H,14,17)(H,15,16). The van der Waals surface area contributed by atoms with Crippen LogP contribution in [0, 0.1) is 5.92 Å². The summed E-state index contributed by atoms with van der Waals surface area (Å²) < 4.78 is 5.38. The van der Waals surface area contributed by atoms with Gasteiger partial charge in [-0.05, 0) is 19.0 Å². The van der Waals surface area contributed by atoms with Crippen molar-refractivity contribution in [3.63, 3.8) is 0 Å². The molecule has 6 heteroatoms. The molecule has 2 unspecified atom stereocenters. The maximum absolute atomic E-state index is 12.0. The minimum absolute atomic E-state index is 0.0377. The van der Waals surface area contributed by atoms with Crippen LogP contribution < -0.4 is 10.6 Å². The molecule has 0 bridgehead atoms. The van der Waals surface area contributed by atoms with E-state index >= 15 is 0 Å². The van der Waals surface area contributed by atoms with Crippen LogP contribution in [0.25, 0.3) is 0 Å².